The van der Waals surface area contributed by atoms with Crippen molar-refractivity contribution < 1.29 is 19.5 Å². The first kappa shape index (κ1) is 29.2. The summed E-state index contributed by atoms with van der Waals surface area (Å²) >= 11 is 5.45. The number of likely N-dealkylation sites (tertiary alicyclic amines) is 1. The smallest absolute Gasteiger partial charge is 0.247 e. The first-order valence-corrected chi connectivity index (χ1v) is 14.9. The second-order valence-electron chi connectivity index (χ2n) is 10.7. The number of carbonyl (C=O) groups is 3. The van der Waals surface area contributed by atoms with Gasteiger partial charge in [-0.3, -0.25) is 14.4 Å². The highest BCUT2D eigenvalue weighted by Gasteiger charge is 2.76. The van der Waals surface area contributed by atoms with Crippen LogP contribution in [0.2, 0.25) is 0 Å². The third-order valence-electron chi connectivity index (χ3n) is 8.03. The molecule has 3 unspecified atom stereocenters. The first-order valence-electron chi connectivity index (χ1n) is 13.1. The van der Waals surface area contributed by atoms with Gasteiger partial charge in [0.05, 0.1) is 29.2 Å². The van der Waals surface area contributed by atoms with Gasteiger partial charge in [0.25, 0.3) is 0 Å². The minimum atomic E-state index is -0.728. The zero-order valence-corrected chi connectivity index (χ0v) is 24.5. The van der Waals surface area contributed by atoms with E-state index in [0.717, 1.165) is 19.3 Å². The van der Waals surface area contributed by atoms with Crippen LogP contribution in [0.25, 0.3) is 0 Å². The highest BCUT2D eigenvalue weighted by Crippen LogP contribution is 2.68. The van der Waals surface area contributed by atoms with Gasteiger partial charge in [0.15, 0.2) is 0 Å². The lowest BCUT2D eigenvalue weighted by Gasteiger charge is -2.41. The van der Waals surface area contributed by atoms with Crippen molar-refractivity contribution in [2.45, 2.75) is 73.4 Å². The van der Waals surface area contributed by atoms with Crippen molar-refractivity contribution >= 4 is 45.4 Å². The third-order valence-corrected chi connectivity index (χ3v) is 11.3. The average Bonchev–Trinajstić information content (AvgIpc) is 3.42. The van der Waals surface area contributed by atoms with E-state index in [1.54, 1.807) is 40.8 Å². The fourth-order valence-electron chi connectivity index (χ4n) is 6.32. The van der Waals surface area contributed by atoms with E-state index in [1.807, 2.05) is 18.7 Å². The quantitative estimate of drug-likeness (QED) is 0.204. The zero-order chi connectivity index (χ0) is 26.8. The fraction of sp³-hybridized carbons (Fsp3) is 0.741. The number of unbranched alkanes of at least 4 members (excludes halogenated alkanes) is 2. The Bertz CT molecular complexity index is 870. The molecule has 3 rings (SSSR count). The molecule has 0 saturated carbocycles. The minimum absolute atomic E-state index is 0.0208. The Hall–Kier alpha value is -1.32. The molecule has 0 aliphatic carbocycles. The second-order valence-corrected chi connectivity index (χ2v) is 13.4. The summed E-state index contributed by atoms with van der Waals surface area (Å²) in [4.78, 5) is 47.3. The molecule has 9 heteroatoms. The van der Waals surface area contributed by atoms with Crippen molar-refractivity contribution in [2.75, 3.05) is 33.3 Å². The van der Waals surface area contributed by atoms with Crippen LogP contribution in [0.3, 0.4) is 0 Å². The number of likely N-dealkylation sites (N-methyl/N-ethyl adjacent to an activating group) is 1. The predicted molar refractivity (Wildman–Crippen MR) is 149 cm³/mol. The molecule has 36 heavy (non-hydrogen) atoms. The van der Waals surface area contributed by atoms with Crippen molar-refractivity contribution in [3.8, 4) is 0 Å². The maximum absolute atomic E-state index is 14.3. The highest BCUT2D eigenvalue weighted by molar-refractivity contribution is 9.09. The lowest BCUT2D eigenvalue weighted by atomic mass is 9.70. The number of fused-ring (bicyclic) bond motifs is 1. The van der Waals surface area contributed by atoms with Crippen molar-refractivity contribution in [2.24, 2.45) is 17.8 Å². The summed E-state index contributed by atoms with van der Waals surface area (Å²) in [6.07, 6.45) is 6.98. The topological polar surface area (TPSA) is 81.2 Å². The Kier molecular flexibility index (Phi) is 9.77. The van der Waals surface area contributed by atoms with Crippen LogP contribution in [0.1, 0.15) is 46.5 Å². The van der Waals surface area contributed by atoms with Gasteiger partial charge >= 0.3 is 0 Å². The van der Waals surface area contributed by atoms with Crippen molar-refractivity contribution in [3.05, 3.63) is 25.3 Å². The molecule has 0 aromatic heterocycles. The molecule has 0 radical (unpaired) electrons. The molecule has 3 aliphatic heterocycles. The summed E-state index contributed by atoms with van der Waals surface area (Å²) in [6.45, 7) is 14.8. The van der Waals surface area contributed by atoms with E-state index in [0.29, 0.717) is 26.1 Å². The monoisotopic (exact) mass is 583 g/mol. The molecule has 1 spiro atoms. The molecule has 7 nitrogen and oxygen atoms in total. The molecule has 3 saturated heterocycles. The normalized spacial score (nSPS) is 31.5. The zero-order valence-electron chi connectivity index (χ0n) is 22.1. The summed E-state index contributed by atoms with van der Waals surface area (Å²) in [7, 11) is 1.74. The minimum Gasteiger partial charge on any atom is -0.394 e. The van der Waals surface area contributed by atoms with Crippen LogP contribution in [0, 0.1) is 17.8 Å². The average molecular weight is 585 g/mol. The van der Waals surface area contributed by atoms with Crippen LogP contribution in [0.5, 0.6) is 0 Å². The van der Waals surface area contributed by atoms with Crippen LogP contribution in [0.4, 0.5) is 0 Å². The highest BCUT2D eigenvalue weighted by atomic mass is 79.9. The predicted octanol–water partition coefficient (Wildman–Crippen LogP) is 3.32. The first-order chi connectivity index (χ1) is 17.1. The number of thioether (sulfide) groups is 1. The van der Waals surface area contributed by atoms with Crippen LogP contribution in [0.15, 0.2) is 25.3 Å². The molecule has 2 bridgehead atoms. The van der Waals surface area contributed by atoms with Gasteiger partial charge < -0.3 is 19.8 Å². The van der Waals surface area contributed by atoms with Crippen molar-refractivity contribution in [3.63, 3.8) is 0 Å². The number of hydrogen-bond acceptors (Lipinski definition) is 5. The largest absolute Gasteiger partial charge is 0.394 e. The van der Waals surface area contributed by atoms with E-state index in [1.165, 1.54) is 0 Å². The van der Waals surface area contributed by atoms with Crippen LogP contribution < -0.4 is 0 Å². The van der Waals surface area contributed by atoms with Gasteiger partial charge in [0.1, 0.15) is 6.04 Å². The SMILES string of the molecule is C=CCN(C)C(=O)[C@H]1[C@H]2C(=O)N([C@@H](CO)C(C)C)C(C(=O)N(CC=C)CCCCC)C23CC(Br)[C@@H]1S3. The Morgan fingerprint density at radius 2 is 1.92 bits per heavy atom. The van der Waals surface area contributed by atoms with E-state index in [4.69, 9.17) is 0 Å². The number of carbonyl (C=O) groups excluding carboxylic acids is 3. The van der Waals surface area contributed by atoms with Crippen LogP contribution in [-0.2, 0) is 14.4 Å². The van der Waals surface area contributed by atoms with Crippen molar-refractivity contribution in [1.29, 1.82) is 0 Å². The van der Waals surface area contributed by atoms with Crippen LogP contribution >= 0.6 is 27.7 Å². The number of amides is 3. The Balaban J connectivity index is 2.10. The van der Waals surface area contributed by atoms with Gasteiger partial charge in [-0.1, -0.05) is 61.7 Å². The molecule has 7 atom stereocenters. The summed E-state index contributed by atoms with van der Waals surface area (Å²) in [5, 5.41) is 10.3. The fourth-order valence-corrected chi connectivity index (χ4v) is 9.90. The molecule has 3 amide bonds. The van der Waals surface area contributed by atoms with Gasteiger partial charge in [-0.2, -0.15) is 0 Å². The molecular weight excluding hydrogens is 542 g/mol. The number of halogens is 1. The Labute approximate surface area is 228 Å². The van der Waals surface area contributed by atoms with Gasteiger partial charge in [0.2, 0.25) is 17.7 Å². The van der Waals surface area contributed by atoms with Gasteiger partial charge in [-0.25, -0.2) is 0 Å². The molecular formula is C27H42BrN3O4S. The summed E-state index contributed by atoms with van der Waals surface area (Å²) < 4.78 is -0.713. The molecule has 0 aromatic rings. The number of aliphatic hydroxyl groups excluding tert-OH is 1. The maximum atomic E-state index is 14.3. The number of aliphatic hydroxyl groups is 1. The number of nitrogens with zero attached hydrogens (tertiary/aromatic N) is 3. The number of hydrogen-bond donors (Lipinski definition) is 1. The standard InChI is InChI=1S/C27H42BrN3O4S/c1-7-10-11-14-30(13-9-3)26(35)23-27-15-18(28)22(36-27)20(24(33)29(6)12-8-2)21(27)25(34)31(23)19(16-32)17(4)5/h8-9,17-23,32H,2-3,7,10-16H2,1,4-6H3/t18?,19-,20-,21-,22-,23?,27?/m0/s1. The number of rotatable bonds is 13. The third kappa shape index (κ3) is 4.92. The van der Waals surface area contributed by atoms with Gasteiger partial charge in [-0.15, -0.1) is 24.9 Å². The van der Waals surface area contributed by atoms with E-state index < -0.39 is 28.7 Å². The summed E-state index contributed by atoms with van der Waals surface area (Å²) in [5.41, 5.74) is 0. The maximum Gasteiger partial charge on any atom is 0.247 e. The lowest BCUT2D eigenvalue weighted by Crippen LogP contribution is -2.58. The molecule has 3 heterocycles. The van der Waals surface area contributed by atoms with E-state index in [2.05, 4.69) is 36.0 Å². The van der Waals surface area contributed by atoms with E-state index in [-0.39, 0.29) is 40.3 Å². The summed E-state index contributed by atoms with van der Waals surface area (Å²) in [5.74, 6) is -1.51. The molecule has 202 valence electrons. The van der Waals surface area contributed by atoms with Gasteiger partial charge in [0, 0.05) is 36.8 Å². The molecule has 1 N–H and O–H groups in total. The second kappa shape index (κ2) is 12.0. The molecule has 0 aromatic carbocycles. The van der Waals surface area contributed by atoms with Crippen molar-refractivity contribution in [1.82, 2.24) is 14.7 Å². The van der Waals surface area contributed by atoms with E-state index >= 15 is 0 Å². The summed E-state index contributed by atoms with van der Waals surface area (Å²) in [6, 6.07) is -1.23. The Morgan fingerprint density at radius 1 is 1.25 bits per heavy atom. The molecule has 3 aliphatic rings. The molecule has 3 fully saturated rings. The number of alkyl halides is 1. The Morgan fingerprint density at radius 3 is 2.47 bits per heavy atom. The van der Waals surface area contributed by atoms with Gasteiger partial charge in [-0.05, 0) is 18.8 Å². The van der Waals surface area contributed by atoms with E-state index in [9.17, 15) is 19.5 Å². The van der Waals surface area contributed by atoms with Crippen LogP contribution in [-0.4, -0.2) is 97.7 Å². The lowest BCUT2D eigenvalue weighted by molar-refractivity contribution is -0.147.